The molecule has 0 unspecified atom stereocenters. The van der Waals surface area contributed by atoms with Crippen LogP contribution in [0.4, 0.5) is 11.6 Å². The van der Waals surface area contributed by atoms with Crippen LogP contribution in [0.3, 0.4) is 0 Å². The summed E-state index contributed by atoms with van der Waals surface area (Å²) in [6, 6.07) is 0. The monoisotopic (exact) mass is 363 g/mol. The van der Waals surface area contributed by atoms with E-state index in [4.69, 9.17) is 0 Å². The van der Waals surface area contributed by atoms with Gasteiger partial charge in [0.25, 0.3) is 0 Å². The fourth-order valence-corrected chi connectivity index (χ4v) is 3.53. The van der Waals surface area contributed by atoms with Crippen LogP contribution in [0.2, 0.25) is 0 Å². The minimum absolute atomic E-state index is 0.478. The molecule has 9 heteroatoms. The smallest absolute Gasteiger partial charge is 0.211 e. The molecule has 7 nitrogen and oxygen atoms in total. The normalized spacial score (nSPS) is 17.2. The van der Waals surface area contributed by atoms with E-state index in [0.29, 0.717) is 26.2 Å². The number of hydrogen-bond donors (Lipinski definition) is 1. The van der Waals surface area contributed by atoms with Gasteiger partial charge >= 0.3 is 0 Å². The lowest BCUT2D eigenvalue weighted by molar-refractivity contribution is 0.386. The number of sulfonamides is 1. The molecule has 2 heterocycles. The molecule has 0 spiro atoms. The molecule has 0 bridgehead atoms. The molecule has 0 saturated carbocycles. The average molecular weight is 364 g/mol. The predicted molar refractivity (Wildman–Crippen MR) is 82.5 cm³/mol. The maximum absolute atomic E-state index is 11.5. The molecule has 20 heavy (non-hydrogen) atoms. The van der Waals surface area contributed by atoms with Gasteiger partial charge in [0.1, 0.15) is 22.4 Å². The SMILES string of the molecule is CCNc1ncnc(N2CCN(S(C)(=O)=O)CC2)c1Br. The lowest BCUT2D eigenvalue weighted by Gasteiger charge is -2.34. The van der Waals surface area contributed by atoms with Gasteiger partial charge < -0.3 is 10.2 Å². The second kappa shape index (κ2) is 6.23. The van der Waals surface area contributed by atoms with E-state index in [0.717, 1.165) is 22.7 Å². The quantitative estimate of drug-likeness (QED) is 0.850. The first-order chi connectivity index (χ1) is 9.43. The van der Waals surface area contributed by atoms with Crippen molar-refractivity contribution >= 4 is 37.6 Å². The molecular weight excluding hydrogens is 346 g/mol. The zero-order valence-corrected chi connectivity index (χ0v) is 13.9. The van der Waals surface area contributed by atoms with E-state index >= 15 is 0 Å². The Morgan fingerprint density at radius 1 is 1.30 bits per heavy atom. The van der Waals surface area contributed by atoms with Gasteiger partial charge in [-0.2, -0.15) is 4.31 Å². The second-order valence-corrected chi connectivity index (χ2v) is 7.31. The van der Waals surface area contributed by atoms with Gasteiger partial charge in [-0.1, -0.05) is 0 Å². The van der Waals surface area contributed by atoms with Gasteiger partial charge in [0, 0.05) is 32.7 Å². The molecule has 112 valence electrons. The summed E-state index contributed by atoms with van der Waals surface area (Å²) >= 11 is 3.51. The lowest BCUT2D eigenvalue weighted by Crippen LogP contribution is -2.48. The Bertz CT molecular complexity index is 572. The largest absolute Gasteiger partial charge is 0.369 e. The van der Waals surface area contributed by atoms with E-state index in [2.05, 4.69) is 36.1 Å². The Balaban J connectivity index is 2.13. The van der Waals surface area contributed by atoms with E-state index in [-0.39, 0.29) is 0 Å². The maximum Gasteiger partial charge on any atom is 0.211 e. The Hall–Kier alpha value is -0.930. The Labute approximate surface area is 127 Å². The lowest BCUT2D eigenvalue weighted by atomic mass is 10.3. The third-order valence-electron chi connectivity index (χ3n) is 3.12. The van der Waals surface area contributed by atoms with Crippen molar-refractivity contribution in [3.05, 3.63) is 10.8 Å². The van der Waals surface area contributed by atoms with Gasteiger partial charge in [-0.15, -0.1) is 0 Å². The van der Waals surface area contributed by atoms with Crippen molar-refractivity contribution in [2.45, 2.75) is 6.92 Å². The van der Waals surface area contributed by atoms with Crippen molar-refractivity contribution < 1.29 is 8.42 Å². The van der Waals surface area contributed by atoms with Crippen LogP contribution >= 0.6 is 15.9 Å². The van der Waals surface area contributed by atoms with Gasteiger partial charge in [0.05, 0.1) is 6.26 Å². The fourth-order valence-electron chi connectivity index (χ4n) is 2.10. The van der Waals surface area contributed by atoms with Crippen LogP contribution in [0.15, 0.2) is 10.8 Å². The topological polar surface area (TPSA) is 78.4 Å². The number of hydrogen-bond acceptors (Lipinski definition) is 6. The van der Waals surface area contributed by atoms with E-state index in [1.807, 2.05) is 6.92 Å². The summed E-state index contributed by atoms with van der Waals surface area (Å²) in [5.41, 5.74) is 0. The highest BCUT2D eigenvalue weighted by molar-refractivity contribution is 9.10. The highest BCUT2D eigenvalue weighted by Gasteiger charge is 2.25. The first kappa shape index (κ1) is 15.5. The van der Waals surface area contributed by atoms with Crippen molar-refractivity contribution in [2.24, 2.45) is 0 Å². The molecule has 1 aliphatic heterocycles. The maximum atomic E-state index is 11.5. The molecule has 1 aliphatic rings. The predicted octanol–water partition coefficient (Wildman–Crippen LogP) is 0.753. The van der Waals surface area contributed by atoms with Crippen molar-refractivity contribution in [3.63, 3.8) is 0 Å². The molecule has 1 aromatic rings. The van der Waals surface area contributed by atoms with E-state index < -0.39 is 10.0 Å². The van der Waals surface area contributed by atoms with Gasteiger partial charge in [0.2, 0.25) is 10.0 Å². The van der Waals surface area contributed by atoms with Crippen LogP contribution in [-0.2, 0) is 10.0 Å². The number of anilines is 2. The number of aromatic nitrogens is 2. The van der Waals surface area contributed by atoms with Crippen molar-refractivity contribution in [2.75, 3.05) is 49.2 Å². The molecule has 2 rings (SSSR count). The Morgan fingerprint density at radius 2 is 1.95 bits per heavy atom. The van der Waals surface area contributed by atoms with Crippen molar-refractivity contribution in [1.29, 1.82) is 0 Å². The zero-order valence-electron chi connectivity index (χ0n) is 11.5. The first-order valence-electron chi connectivity index (χ1n) is 6.38. The van der Waals surface area contributed by atoms with Crippen molar-refractivity contribution in [1.82, 2.24) is 14.3 Å². The average Bonchev–Trinajstić information content (AvgIpc) is 2.41. The summed E-state index contributed by atoms with van der Waals surface area (Å²) in [4.78, 5) is 10.5. The summed E-state index contributed by atoms with van der Waals surface area (Å²) < 4.78 is 25.3. The molecule has 1 fully saturated rings. The summed E-state index contributed by atoms with van der Waals surface area (Å²) in [5, 5.41) is 3.16. The molecule has 1 saturated heterocycles. The summed E-state index contributed by atoms with van der Waals surface area (Å²) in [6.07, 6.45) is 2.76. The van der Waals surface area contributed by atoms with Crippen molar-refractivity contribution in [3.8, 4) is 0 Å². The van der Waals surface area contributed by atoms with Crippen LogP contribution in [0.5, 0.6) is 0 Å². The molecule has 0 aromatic carbocycles. The summed E-state index contributed by atoms with van der Waals surface area (Å²) in [5.74, 6) is 1.55. The molecule has 0 radical (unpaired) electrons. The van der Waals surface area contributed by atoms with Crippen LogP contribution in [-0.4, -0.2) is 61.7 Å². The minimum Gasteiger partial charge on any atom is -0.369 e. The standard InChI is InChI=1S/C11H18BrN5O2S/c1-3-13-10-9(12)11(15-8-14-10)16-4-6-17(7-5-16)20(2,18)19/h8H,3-7H2,1-2H3,(H,13,14,15). The van der Waals surface area contributed by atoms with E-state index in [1.54, 1.807) is 0 Å². The zero-order chi connectivity index (χ0) is 14.8. The molecule has 0 atom stereocenters. The minimum atomic E-state index is -3.11. The molecule has 1 aromatic heterocycles. The Kier molecular flexibility index (Phi) is 4.82. The van der Waals surface area contributed by atoms with Gasteiger partial charge in [0.15, 0.2) is 0 Å². The highest BCUT2D eigenvalue weighted by atomic mass is 79.9. The molecular formula is C11H18BrN5O2S. The third kappa shape index (κ3) is 3.39. The summed E-state index contributed by atoms with van der Waals surface area (Å²) in [6.45, 7) is 4.97. The molecule has 0 aliphatic carbocycles. The second-order valence-electron chi connectivity index (χ2n) is 4.54. The van der Waals surface area contributed by atoms with E-state index in [9.17, 15) is 8.42 Å². The number of piperazine rings is 1. The van der Waals surface area contributed by atoms with Gasteiger partial charge in [-0.05, 0) is 22.9 Å². The number of halogens is 1. The number of nitrogens with zero attached hydrogens (tertiary/aromatic N) is 4. The fraction of sp³-hybridized carbons (Fsp3) is 0.636. The summed E-state index contributed by atoms with van der Waals surface area (Å²) in [7, 11) is -3.11. The van der Waals surface area contributed by atoms with Gasteiger partial charge in [-0.25, -0.2) is 18.4 Å². The highest BCUT2D eigenvalue weighted by Crippen LogP contribution is 2.30. The number of rotatable bonds is 4. The molecule has 0 amide bonds. The third-order valence-corrected chi connectivity index (χ3v) is 5.16. The first-order valence-corrected chi connectivity index (χ1v) is 9.02. The van der Waals surface area contributed by atoms with Crippen LogP contribution in [0.1, 0.15) is 6.92 Å². The van der Waals surface area contributed by atoms with Crippen LogP contribution < -0.4 is 10.2 Å². The van der Waals surface area contributed by atoms with Gasteiger partial charge in [-0.3, -0.25) is 0 Å². The Morgan fingerprint density at radius 3 is 2.50 bits per heavy atom. The number of nitrogens with one attached hydrogen (secondary N) is 1. The van der Waals surface area contributed by atoms with E-state index in [1.165, 1.54) is 16.9 Å². The van der Waals surface area contributed by atoms with Crippen LogP contribution in [0, 0.1) is 0 Å². The molecule has 1 N–H and O–H groups in total. The van der Waals surface area contributed by atoms with Crippen LogP contribution in [0.25, 0.3) is 0 Å².